The minimum Gasteiger partial charge on any atom is -0.481 e. The third-order valence-electron chi connectivity index (χ3n) is 5.53. The summed E-state index contributed by atoms with van der Waals surface area (Å²) < 4.78 is 11.1. The molecule has 1 saturated carbocycles. The van der Waals surface area contributed by atoms with Crippen LogP contribution in [0.4, 0.5) is 5.69 Å². The van der Waals surface area contributed by atoms with Crippen LogP contribution >= 0.6 is 0 Å². The molecule has 2 aliphatic heterocycles. The summed E-state index contributed by atoms with van der Waals surface area (Å²) in [7, 11) is 0. The van der Waals surface area contributed by atoms with E-state index in [1.165, 1.54) is 25.7 Å². The molecule has 0 spiro atoms. The summed E-state index contributed by atoms with van der Waals surface area (Å²) in [5, 5.41) is 2.76. The van der Waals surface area contributed by atoms with E-state index >= 15 is 0 Å². The maximum atomic E-state index is 12.7. The standard InChI is InChI=1S/C19H24N2O4/c22-17-11-24-15-8-3-9-16(19(15)20-17)25-12-18(23)21-10-4-6-13-5-1-2-7-14(13)21/h3,8-9,13-14H,1-2,4-7,10-12H2,(H,20,22)/t13-,14+/m0/s1. The number of hydrogen-bond acceptors (Lipinski definition) is 4. The second-order valence-electron chi connectivity index (χ2n) is 7.10. The predicted molar refractivity (Wildman–Crippen MR) is 92.8 cm³/mol. The van der Waals surface area contributed by atoms with Crippen molar-refractivity contribution in [3.05, 3.63) is 18.2 Å². The largest absolute Gasteiger partial charge is 0.481 e. The number of nitrogens with one attached hydrogen (secondary N) is 1. The molecule has 134 valence electrons. The minimum atomic E-state index is -0.212. The zero-order valence-corrected chi connectivity index (χ0v) is 14.3. The zero-order valence-electron chi connectivity index (χ0n) is 14.3. The molecule has 1 aromatic rings. The highest BCUT2D eigenvalue weighted by molar-refractivity contribution is 5.97. The Morgan fingerprint density at radius 3 is 3.00 bits per heavy atom. The maximum Gasteiger partial charge on any atom is 0.262 e. The lowest BCUT2D eigenvalue weighted by Crippen LogP contribution is -2.51. The van der Waals surface area contributed by atoms with E-state index < -0.39 is 0 Å². The van der Waals surface area contributed by atoms with Crippen LogP contribution in [0.25, 0.3) is 0 Å². The summed E-state index contributed by atoms with van der Waals surface area (Å²) in [6.45, 7) is 0.831. The lowest BCUT2D eigenvalue weighted by molar-refractivity contribution is -0.139. The number of fused-ring (bicyclic) bond motifs is 2. The fourth-order valence-electron chi connectivity index (χ4n) is 4.35. The lowest BCUT2D eigenvalue weighted by Gasteiger charge is -2.44. The summed E-state index contributed by atoms with van der Waals surface area (Å²) in [5.41, 5.74) is 0.515. The molecule has 1 aromatic carbocycles. The smallest absolute Gasteiger partial charge is 0.262 e. The van der Waals surface area contributed by atoms with Crippen molar-refractivity contribution in [3.63, 3.8) is 0 Å². The van der Waals surface area contributed by atoms with Crippen LogP contribution in [0.2, 0.25) is 0 Å². The van der Waals surface area contributed by atoms with Crippen LogP contribution in [-0.4, -0.2) is 42.5 Å². The van der Waals surface area contributed by atoms with E-state index in [0.29, 0.717) is 29.1 Å². The number of ether oxygens (including phenoxy) is 2. The Kier molecular flexibility index (Phi) is 4.51. The zero-order chi connectivity index (χ0) is 17.2. The summed E-state index contributed by atoms with van der Waals surface area (Å²) in [5.74, 6) is 1.54. The number of anilines is 1. The molecule has 0 aromatic heterocycles. The first kappa shape index (κ1) is 16.2. The number of likely N-dealkylation sites (tertiary alicyclic amines) is 1. The predicted octanol–water partition coefficient (Wildman–Crippen LogP) is 2.58. The summed E-state index contributed by atoms with van der Waals surface area (Å²) in [6.07, 6.45) is 7.17. The van der Waals surface area contributed by atoms with Gasteiger partial charge >= 0.3 is 0 Å². The number of benzene rings is 1. The fraction of sp³-hybridized carbons (Fsp3) is 0.579. The normalized spacial score (nSPS) is 25.3. The van der Waals surface area contributed by atoms with Gasteiger partial charge in [0.1, 0.15) is 17.2 Å². The van der Waals surface area contributed by atoms with Gasteiger partial charge in [0.25, 0.3) is 11.8 Å². The first-order valence-electron chi connectivity index (χ1n) is 9.20. The van der Waals surface area contributed by atoms with Gasteiger partial charge in [0.2, 0.25) is 0 Å². The minimum absolute atomic E-state index is 0.00442. The van der Waals surface area contributed by atoms with Gasteiger partial charge in [-0.15, -0.1) is 0 Å². The molecule has 2 amide bonds. The molecule has 6 nitrogen and oxygen atoms in total. The molecular formula is C19H24N2O4. The van der Waals surface area contributed by atoms with Crippen LogP contribution in [0.5, 0.6) is 11.5 Å². The summed E-state index contributed by atoms with van der Waals surface area (Å²) in [4.78, 5) is 26.3. The van der Waals surface area contributed by atoms with E-state index in [0.717, 1.165) is 19.4 Å². The van der Waals surface area contributed by atoms with E-state index in [4.69, 9.17) is 9.47 Å². The van der Waals surface area contributed by atoms with E-state index in [-0.39, 0.29) is 25.0 Å². The molecule has 1 saturated heterocycles. The van der Waals surface area contributed by atoms with Gasteiger partial charge in [-0.25, -0.2) is 0 Å². The van der Waals surface area contributed by atoms with Crippen molar-refractivity contribution in [3.8, 4) is 11.5 Å². The van der Waals surface area contributed by atoms with E-state index in [2.05, 4.69) is 5.32 Å². The van der Waals surface area contributed by atoms with Crippen LogP contribution in [0, 0.1) is 5.92 Å². The number of hydrogen-bond donors (Lipinski definition) is 1. The molecule has 0 bridgehead atoms. The van der Waals surface area contributed by atoms with Gasteiger partial charge in [0.15, 0.2) is 13.2 Å². The molecule has 0 radical (unpaired) electrons. The van der Waals surface area contributed by atoms with Crippen molar-refractivity contribution in [2.45, 2.75) is 44.6 Å². The van der Waals surface area contributed by atoms with E-state index in [1.807, 2.05) is 4.90 Å². The number of carbonyl (C=O) groups excluding carboxylic acids is 2. The number of nitrogens with zero attached hydrogens (tertiary/aromatic N) is 1. The van der Waals surface area contributed by atoms with Gasteiger partial charge in [0, 0.05) is 12.6 Å². The average molecular weight is 344 g/mol. The van der Waals surface area contributed by atoms with Gasteiger partial charge in [0.05, 0.1) is 0 Å². The maximum absolute atomic E-state index is 12.7. The number of piperidine rings is 1. The van der Waals surface area contributed by atoms with Crippen molar-refractivity contribution in [1.29, 1.82) is 0 Å². The lowest BCUT2D eigenvalue weighted by atomic mass is 9.78. The van der Waals surface area contributed by atoms with Crippen LogP contribution in [-0.2, 0) is 9.59 Å². The molecule has 1 aliphatic carbocycles. The topological polar surface area (TPSA) is 67.9 Å². The molecule has 2 atom stereocenters. The highest BCUT2D eigenvalue weighted by Gasteiger charge is 2.35. The van der Waals surface area contributed by atoms with Gasteiger partial charge in [-0.1, -0.05) is 18.9 Å². The molecule has 3 aliphatic rings. The number of carbonyl (C=O) groups is 2. The molecule has 1 N–H and O–H groups in total. The SMILES string of the molecule is O=C1COc2cccc(OCC(=O)N3CCC[C@@H]4CCCC[C@H]43)c2N1. The number of para-hydroxylation sites is 1. The van der Waals surface area contributed by atoms with Crippen LogP contribution in [0.1, 0.15) is 38.5 Å². The molecule has 4 rings (SSSR count). The number of amides is 2. The van der Waals surface area contributed by atoms with Crippen LogP contribution in [0.3, 0.4) is 0 Å². The molecule has 25 heavy (non-hydrogen) atoms. The summed E-state index contributed by atoms with van der Waals surface area (Å²) in [6, 6.07) is 5.71. The quantitative estimate of drug-likeness (QED) is 0.915. The number of rotatable bonds is 3. The van der Waals surface area contributed by atoms with Crippen molar-refractivity contribution in [2.75, 3.05) is 25.1 Å². The molecular weight excluding hydrogens is 320 g/mol. The van der Waals surface area contributed by atoms with Crippen molar-refractivity contribution in [1.82, 2.24) is 4.90 Å². The van der Waals surface area contributed by atoms with Crippen LogP contribution in [0.15, 0.2) is 18.2 Å². The van der Waals surface area contributed by atoms with Crippen molar-refractivity contribution in [2.24, 2.45) is 5.92 Å². The third kappa shape index (κ3) is 3.30. The summed E-state index contributed by atoms with van der Waals surface area (Å²) >= 11 is 0. The average Bonchev–Trinajstić information content (AvgIpc) is 2.65. The second-order valence-corrected chi connectivity index (χ2v) is 7.10. The monoisotopic (exact) mass is 344 g/mol. The van der Waals surface area contributed by atoms with Crippen molar-refractivity contribution < 1.29 is 19.1 Å². The van der Waals surface area contributed by atoms with Gasteiger partial charge in [-0.3, -0.25) is 9.59 Å². The molecule has 6 heteroatoms. The van der Waals surface area contributed by atoms with Gasteiger partial charge in [-0.2, -0.15) is 0 Å². The molecule has 0 unspecified atom stereocenters. The van der Waals surface area contributed by atoms with E-state index in [1.54, 1.807) is 18.2 Å². The highest BCUT2D eigenvalue weighted by atomic mass is 16.5. The van der Waals surface area contributed by atoms with Gasteiger partial charge in [-0.05, 0) is 43.7 Å². The first-order valence-corrected chi connectivity index (χ1v) is 9.20. The Bertz CT molecular complexity index is 673. The Balaban J connectivity index is 1.43. The Morgan fingerprint density at radius 2 is 2.08 bits per heavy atom. The molecule has 2 heterocycles. The van der Waals surface area contributed by atoms with Gasteiger partial charge < -0.3 is 19.7 Å². The first-order chi connectivity index (χ1) is 12.2. The second kappa shape index (κ2) is 6.94. The van der Waals surface area contributed by atoms with Crippen molar-refractivity contribution >= 4 is 17.5 Å². The fourth-order valence-corrected chi connectivity index (χ4v) is 4.35. The Labute approximate surface area is 147 Å². The Hall–Kier alpha value is -2.24. The molecule has 2 fully saturated rings. The van der Waals surface area contributed by atoms with E-state index in [9.17, 15) is 9.59 Å². The van der Waals surface area contributed by atoms with Crippen LogP contribution < -0.4 is 14.8 Å². The Morgan fingerprint density at radius 1 is 1.24 bits per heavy atom. The highest BCUT2D eigenvalue weighted by Crippen LogP contribution is 2.37. The third-order valence-corrected chi connectivity index (χ3v) is 5.53.